The number of fused-ring (bicyclic) bond motifs is 1. The molecule has 0 saturated carbocycles. The fraction of sp³-hybridized carbons (Fsp3) is 0.385. The number of methoxy groups -OCH3 is 1. The fourth-order valence-electron chi connectivity index (χ4n) is 4.68. The summed E-state index contributed by atoms with van der Waals surface area (Å²) >= 11 is 0. The standard InChI is InChI=1S/C26H30FN5O4/c1-15-12-32(16(2)11-31(15)13-17-6-8-18(27)9-7-17)26(35)20-10-19-21(22(33)24(34)28-3)14-30(4)23(19)29-25(20)36-5/h6-10,14-16H,11-13H2,1-5H3,(H,28,34)/t15-,16+/m0/s1. The zero-order valence-electron chi connectivity index (χ0n) is 21.0. The lowest BCUT2D eigenvalue weighted by Gasteiger charge is -2.44. The Labute approximate surface area is 208 Å². The maximum absolute atomic E-state index is 13.7. The highest BCUT2D eigenvalue weighted by atomic mass is 19.1. The van der Waals surface area contributed by atoms with Gasteiger partial charge in [0, 0.05) is 57.4 Å². The minimum atomic E-state index is -0.745. The molecule has 3 heterocycles. The van der Waals surface area contributed by atoms with E-state index in [1.165, 1.54) is 32.5 Å². The predicted molar refractivity (Wildman–Crippen MR) is 132 cm³/mol. The molecule has 4 rings (SSSR count). The molecule has 3 aromatic rings. The summed E-state index contributed by atoms with van der Waals surface area (Å²) in [6.07, 6.45) is 1.53. The summed E-state index contributed by atoms with van der Waals surface area (Å²) in [7, 11) is 4.54. The summed E-state index contributed by atoms with van der Waals surface area (Å²) in [6.45, 7) is 5.78. The van der Waals surface area contributed by atoms with Crippen LogP contribution in [0.1, 0.15) is 40.1 Å². The molecular weight excluding hydrogens is 465 g/mol. The number of likely N-dealkylation sites (N-methyl/N-ethyl adjacent to an activating group) is 1. The number of carbonyl (C=O) groups is 3. The van der Waals surface area contributed by atoms with Gasteiger partial charge >= 0.3 is 0 Å². The van der Waals surface area contributed by atoms with Gasteiger partial charge in [-0.15, -0.1) is 0 Å². The van der Waals surface area contributed by atoms with Gasteiger partial charge in [-0.3, -0.25) is 19.3 Å². The Kier molecular flexibility index (Phi) is 7.07. The molecule has 0 spiro atoms. The number of carbonyl (C=O) groups excluding carboxylic acids is 3. The Morgan fingerprint density at radius 3 is 2.44 bits per heavy atom. The number of rotatable bonds is 6. The van der Waals surface area contributed by atoms with Crippen molar-refractivity contribution in [2.75, 3.05) is 27.2 Å². The Bertz CT molecular complexity index is 1320. The van der Waals surface area contributed by atoms with Gasteiger partial charge in [-0.05, 0) is 37.6 Å². The minimum absolute atomic E-state index is 0.0556. The highest BCUT2D eigenvalue weighted by molar-refractivity contribution is 6.44. The number of ether oxygens (including phenoxy) is 1. The molecule has 1 aromatic carbocycles. The van der Waals surface area contributed by atoms with Crippen LogP contribution in [0.5, 0.6) is 5.88 Å². The van der Waals surface area contributed by atoms with E-state index in [-0.39, 0.29) is 40.8 Å². The Balaban J connectivity index is 1.63. The molecule has 2 aromatic heterocycles. The molecule has 190 valence electrons. The lowest BCUT2D eigenvalue weighted by molar-refractivity contribution is -0.116. The SMILES string of the molecule is CNC(=O)C(=O)c1cn(C)c2nc(OC)c(C(=O)N3C[C@H](C)N(Cc4ccc(F)cc4)C[C@H]3C)cc12. The van der Waals surface area contributed by atoms with Crippen LogP contribution in [0.4, 0.5) is 4.39 Å². The number of benzene rings is 1. The molecule has 0 aliphatic carbocycles. The van der Waals surface area contributed by atoms with E-state index in [9.17, 15) is 18.8 Å². The number of piperazine rings is 1. The van der Waals surface area contributed by atoms with Crippen LogP contribution in [0.25, 0.3) is 11.0 Å². The molecule has 1 aliphatic heterocycles. The second-order valence-electron chi connectivity index (χ2n) is 9.19. The van der Waals surface area contributed by atoms with Crippen molar-refractivity contribution in [1.29, 1.82) is 0 Å². The van der Waals surface area contributed by atoms with E-state index in [4.69, 9.17) is 4.74 Å². The first kappa shape index (κ1) is 25.3. The first-order valence-electron chi connectivity index (χ1n) is 11.7. The number of nitrogens with zero attached hydrogens (tertiary/aromatic N) is 4. The molecule has 2 amide bonds. The van der Waals surface area contributed by atoms with Crippen LogP contribution >= 0.6 is 0 Å². The van der Waals surface area contributed by atoms with Gasteiger partial charge in [0.15, 0.2) is 0 Å². The molecule has 10 heteroatoms. The molecule has 9 nitrogen and oxygen atoms in total. The fourth-order valence-corrected chi connectivity index (χ4v) is 4.68. The maximum Gasteiger partial charge on any atom is 0.292 e. The number of Topliss-reactive ketones (excluding diaryl/α,β-unsaturated/α-hetero) is 1. The third-order valence-corrected chi connectivity index (χ3v) is 6.69. The molecule has 0 radical (unpaired) electrons. The molecular formula is C26H30FN5O4. The minimum Gasteiger partial charge on any atom is -0.480 e. The monoisotopic (exact) mass is 495 g/mol. The number of nitrogens with one attached hydrogen (secondary N) is 1. The summed E-state index contributed by atoms with van der Waals surface area (Å²) in [5, 5.41) is 2.75. The van der Waals surface area contributed by atoms with Crippen molar-refractivity contribution in [1.82, 2.24) is 24.7 Å². The van der Waals surface area contributed by atoms with Gasteiger partial charge < -0.3 is 19.5 Å². The number of halogens is 1. The average molecular weight is 496 g/mol. The summed E-state index contributed by atoms with van der Waals surface area (Å²) < 4.78 is 20.4. The van der Waals surface area contributed by atoms with E-state index in [0.29, 0.717) is 30.7 Å². The third kappa shape index (κ3) is 4.68. The lowest BCUT2D eigenvalue weighted by Crippen LogP contribution is -2.57. The zero-order chi connectivity index (χ0) is 26.1. The quantitative estimate of drug-likeness (QED) is 0.417. The number of hydrogen-bond acceptors (Lipinski definition) is 6. The van der Waals surface area contributed by atoms with E-state index in [0.717, 1.165) is 5.56 Å². The molecule has 1 saturated heterocycles. The van der Waals surface area contributed by atoms with Gasteiger partial charge in [0.2, 0.25) is 5.88 Å². The number of aromatic nitrogens is 2. The summed E-state index contributed by atoms with van der Waals surface area (Å²) in [5.74, 6) is -1.82. The van der Waals surface area contributed by atoms with Crippen molar-refractivity contribution in [3.05, 3.63) is 59.0 Å². The zero-order valence-corrected chi connectivity index (χ0v) is 21.0. The van der Waals surface area contributed by atoms with Crippen molar-refractivity contribution in [3.8, 4) is 5.88 Å². The van der Waals surface area contributed by atoms with Crippen molar-refractivity contribution in [3.63, 3.8) is 0 Å². The highest BCUT2D eigenvalue weighted by Crippen LogP contribution is 2.29. The number of amides is 2. The molecule has 0 unspecified atom stereocenters. The maximum atomic E-state index is 13.7. The van der Waals surface area contributed by atoms with Gasteiger partial charge in [0.25, 0.3) is 17.6 Å². The predicted octanol–water partition coefficient (Wildman–Crippen LogP) is 2.38. The second-order valence-corrected chi connectivity index (χ2v) is 9.19. The molecule has 1 N–H and O–H groups in total. The molecule has 0 bridgehead atoms. The van der Waals surface area contributed by atoms with Crippen LogP contribution in [0.2, 0.25) is 0 Å². The summed E-state index contributed by atoms with van der Waals surface area (Å²) in [4.78, 5) is 46.9. The molecule has 1 aliphatic rings. The first-order chi connectivity index (χ1) is 17.1. The normalized spacial score (nSPS) is 18.3. The Morgan fingerprint density at radius 2 is 1.81 bits per heavy atom. The van der Waals surface area contributed by atoms with E-state index in [2.05, 4.69) is 15.2 Å². The largest absolute Gasteiger partial charge is 0.480 e. The molecule has 2 atom stereocenters. The van der Waals surface area contributed by atoms with Crippen LogP contribution in [0.3, 0.4) is 0 Å². The van der Waals surface area contributed by atoms with Gasteiger partial charge in [0.05, 0.1) is 12.7 Å². The van der Waals surface area contributed by atoms with E-state index >= 15 is 0 Å². The molecule has 1 fully saturated rings. The Hall–Kier alpha value is -3.79. The van der Waals surface area contributed by atoms with Crippen molar-refractivity contribution in [2.45, 2.75) is 32.5 Å². The van der Waals surface area contributed by atoms with E-state index in [1.807, 2.05) is 13.8 Å². The summed E-state index contributed by atoms with van der Waals surface area (Å²) in [6, 6.07) is 7.97. The van der Waals surface area contributed by atoms with Crippen LogP contribution in [0.15, 0.2) is 36.5 Å². The van der Waals surface area contributed by atoms with Crippen LogP contribution in [-0.2, 0) is 18.4 Å². The van der Waals surface area contributed by atoms with Gasteiger partial charge in [-0.1, -0.05) is 12.1 Å². The van der Waals surface area contributed by atoms with Crippen molar-refractivity contribution >= 4 is 28.6 Å². The smallest absolute Gasteiger partial charge is 0.292 e. The average Bonchev–Trinajstić information content (AvgIpc) is 3.20. The van der Waals surface area contributed by atoms with Crippen LogP contribution < -0.4 is 10.1 Å². The van der Waals surface area contributed by atoms with Gasteiger partial charge in [-0.2, -0.15) is 4.98 Å². The lowest BCUT2D eigenvalue weighted by atomic mass is 10.0. The molecule has 36 heavy (non-hydrogen) atoms. The van der Waals surface area contributed by atoms with Crippen LogP contribution in [-0.4, -0.2) is 76.3 Å². The van der Waals surface area contributed by atoms with Gasteiger partial charge in [0.1, 0.15) is 17.0 Å². The third-order valence-electron chi connectivity index (χ3n) is 6.69. The Morgan fingerprint density at radius 1 is 1.11 bits per heavy atom. The number of pyridine rings is 1. The van der Waals surface area contributed by atoms with Crippen molar-refractivity contribution < 1.29 is 23.5 Å². The second kappa shape index (κ2) is 10.1. The number of hydrogen-bond donors (Lipinski definition) is 1. The van der Waals surface area contributed by atoms with Crippen LogP contribution in [0, 0.1) is 5.82 Å². The summed E-state index contributed by atoms with van der Waals surface area (Å²) in [5.41, 5.74) is 1.83. The van der Waals surface area contributed by atoms with E-state index in [1.54, 1.807) is 34.7 Å². The highest BCUT2D eigenvalue weighted by Gasteiger charge is 2.34. The number of aryl methyl sites for hydroxylation is 1. The topological polar surface area (TPSA) is 96.8 Å². The van der Waals surface area contributed by atoms with Crippen molar-refractivity contribution in [2.24, 2.45) is 7.05 Å². The van der Waals surface area contributed by atoms with Gasteiger partial charge in [-0.25, -0.2) is 4.39 Å². The first-order valence-corrected chi connectivity index (χ1v) is 11.7. The number of ketones is 1. The van der Waals surface area contributed by atoms with E-state index < -0.39 is 11.7 Å².